The fraction of sp³-hybridized carbons (Fsp3) is 0.467. The van der Waals surface area contributed by atoms with E-state index < -0.39 is 0 Å². The van der Waals surface area contributed by atoms with Gasteiger partial charge in [0.15, 0.2) is 0 Å². The summed E-state index contributed by atoms with van der Waals surface area (Å²) in [6.45, 7) is 14.3. The van der Waals surface area contributed by atoms with E-state index in [2.05, 4.69) is 45.5 Å². The largest absolute Gasteiger partial charge is 0.100 e. The topological polar surface area (TPSA) is 0 Å². The van der Waals surface area contributed by atoms with E-state index in [9.17, 15) is 0 Å². The molecule has 0 saturated heterocycles. The second-order valence-corrected chi connectivity index (χ2v) is 3.88. The minimum Gasteiger partial charge on any atom is -0.100 e. The Balaban J connectivity index is 0.000000921. The van der Waals surface area contributed by atoms with Crippen molar-refractivity contribution in [3.8, 4) is 0 Å². The highest BCUT2D eigenvalue weighted by Gasteiger charge is 1.96. The van der Waals surface area contributed by atoms with Crippen LogP contribution in [0, 0.1) is 13.8 Å². The van der Waals surface area contributed by atoms with Crippen LogP contribution in [0.3, 0.4) is 0 Å². The minimum atomic E-state index is 1.10. The third-order valence-corrected chi connectivity index (χ3v) is 2.41. The van der Waals surface area contributed by atoms with Gasteiger partial charge in [-0.3, -0.25) is 0 Å². The van der Waals surface area contributed by atoms with Gasteiger partial charge in [-0.05, 0) is 50.3 Å². The molecule has 0 N–H and O–H groups in total. The second-order valence-electron chi connectivity index (χ2n) is 3.88. The summed E-state index contributed by atoms with van der Waals surface area (Å²) in [5, 5.41) is 0. The number of aryl methyl sites for hydroxylation is 3. The number of allylic oxidation sites excluding steroid dienone is 1. The minimum absolute atomic E-state index is 1.10. The molecule has 0 fully saturated rings. The van der Waals surface area contributed by atoms with Crippen molar-refractivity contribution in [2.24, 2.45) is 0 Å². The lowest BCUT2D eigenvalue weighted by Crippen LogP contribution is -1.88. The van der Waals surface area contributed by atoms with Crippen molar-refractivity contribution < 1.29 is 0 Å². The van der Waals surface area contributed by atoms with Crippen molar-refractivity contribution in [2.75, 3.05) is 0 Å². The monoisotopic (exact) mass is 204 g/mol. The van der Waals surface area contributed by atoms with Crippen LogP contribution < -0.4 is 0 Å². The SMILES string of the molecule is C=C(C)CCc1ccc(C)c(C)c1.CC. The fourth-order valence-electron chi connectivity index (χ4n) is 1.32. The highest BCUT2D eigenvalue weighted by Crippen LogP contribution is 2.12. The summed E-state index contributed by atoms with van der Waals surface area (Å²) >= 11 is 0. The Bertz CT molecular complexity index is 308. The first-order valence-corrected chi connectivity index (χ1v) is 5.80. The first-order chi connectivity index (χ1) is 7.09. The Labute approximate surface area is 95.0 Å². The summed E-state index contributed by atoms with van der Waals surface area (Å²) in [6, 6.07) is 6.69. The maximum Gasteiger partial charge on any atom is -0.0242 e. The van der Waals surface area contributed by atoms with Crippen molar-refractivity contribution in [1.29, 1.82) is 0 Å². The molecule has 0 aliphatic rings. The Morgan fingerprint density at radius 3 is 2.20 bits per heavy atom. The van der Waals surface area contributed by atoms with Crippen LogP contribution in [-0.4, -0.2) is 0 Å². The number of hydrogen-bond acceptors (Lipinski definition) is 0. The number of hydrogen-bond donors (Lipinski definition) is 0. The predicted octanol–water partition coefficient (Wildman–Crippen LogP) is 4.84. The van der Waals surface area contributed by atoms with E-state index in [1.165, 1.54) is 22.3 Å². The van der Waals surface area contributed by atoms with Crippen LogP contribution in [-0.2, 0) is 6.42 Å². The van der Waals surface area contributed by atoms with Gasteiger partial charge in [-0.15, -0.1) is 6.58 Å². The third kappa shape index (κ3) is 5.41. The molecular formula is C15H24. The van der Waals surface area contributed by atoms with Gasteiger partial charge in [-0.25, -0.2) is 0 Å². The zero-order valence-corrected chi connectivity index (χ0v) is 10.9. The summed E-state index contributed by atoms with van der Waals surface area (Å²) in [4.78, 5) is 0. The average molecular weight is 204 g/mol. The second kappa shape index (κ2) is 7.28. The summed E-state index contributed by atoms with van der Waals surface area (Å²) in [7, 11) is 0. The lowest BCUT2D eigenvalue weighted by molar-refractivity contribution is 0.942. The van der Waals surface area contributed by atoms with E-state index in [1.54, 1.807) is 0 Å². The van der Waals surface area contributed by atoms with Crippen LogP contribution in [0.15, 0.2) is 30.4 Å². The molecule has 1 aromatic rings. The molecule has 0 heteroatoms. The van der Waals surface area contributed by atoms with Gasteiger partial charge in [0.25, 0.3) is 0 Å². The van der Waals surface area contributed by atoms with Gasteiger partial charge < -0.3 is 0 Å². The zero-order chi connectivity index (χ0) is 11.8. The highest BCUT2D eigenvalue weighted by atomic mass is 14.0. The average Bonchev–Trinajstić information content (AvgIpc) is 2.23. The van der Waals surface area contributed by atoms with Crippen LogP contribution >= 0.6 is 0 Å². The van der Waals surface area contributed by atoms with E-state index >= 15 is 0 Å². The lowest BCUT2D eigenvalue weighted by atomic mass is 10.0. The molecule has 15 heavy (non-hydrogen) atoms. The summed E-state index contributed by atoms with van der Waals surface area (Å²) in [5.74, 6) is 0. The molecule has 0 radical (unpaired) electrons. The van der Waals surface area contributed by atoms with E-state index in [0.717, 1.165) is 12.8 Å². The fourth-order valence-corrected chi connectivity index (χ4v) is 1.32. The van der Waals surface area contributed by atoms with Gasteiger partial charge in [-0.1, -0.05) is 37.6 Å². The van der Waals surface area contributed by atoms with Crippen LogP contribution in [0.5, 0.6) is 0 Å². The molecule has 1 rings (SSSR count). The number of rotatable bonds is 3. The molecule has 0 nitrogen and oxygen atoms in total. The molecule has 0 aromatic heterocycles. The van der Waals surface area contributed by atoms with Crippen molar-refractivity contribution in [3.05, 3.63) is 47.0 Å². The molecule has 0 aliphatic heterocycles. The zero-order valence-electron chi connectivity index (χ0n) is 10.9. The summed E-state index contributed by atoms with van der Waals surface area (Å²) in [6.07, 6.45) is 2.22. The molecular weight excluding hydrogens is 180 g/mol. The van der Waals surface area contributed by atoms with E-state index in [0.29, 0.717) is 0 Å². The van der Waals surface area contributed by atoms with E-state index in [4.69, 9.17) is 0 Å². The van der Waals surface area contributed by atoms with Crippen LogP contribution in [0.4, 0.5) is 0 Å². The molecule has 0 aliphatic carbocycles. The van der Waals surface area contributed by atoms with Crippen molar-refractivity contribution in [2.45, 2.75) is 47.5 Å². The maximum atomic E-state index is 3.91. The predicted molar refractivity (Wildman–Crippen MR) is 70.4 cm³/mol. The van der Waals surface area contributed by atoms with Crippen molar-refractivity contribution in [1.82, 2.24) is 0 Å². The molecule has 0 unspecified atom stereocenters. The molecule has 0 saturated carbocycles. The quantitative estimate of drug-likeness (QED) is 0.618. The molecule has 84 valence electrons. The molecule has 0 heterocycles. The Morgan fingerprint density at radius 1 is 1.13 bits per heavy atom. The van der Waals surface area contributed by atoms with Crippen LogP contribution in [0.2, 0.25) is 0 Å². The highest BCUT2D eigenvalue weighted by molar-refractivity contribution is 5.30. The van der Waals surface area contributed by atoms with Gasteiger partial charge >= 0.3 is 0 Å². The van der Waals surface area contributed by atoms with Gasteiger partial charge in [0.2, 0.25) is 0 Å². The van der Waals surface area contributed by atoms with Gasteiger partial charge in [0, 0.05) is 0 Å². The van der Waals surface area contributed by atoms with E-state index in [-0.39, 0.29) is 0 Å². The third-order valence-electron chi connectivity index (χ3n) is 2.41. The van der Waals surface area contributed by atoms with Crippen molar-refractivity contribution in [3.63, 3.8) is 0 Å². The molecule has 0 atom stereocenters. The summed E-state index contributed by atoms with van der Waals surface area (Å²) in [5.41, 5.74) is 5.45. The Morgan fingerprint density at radius 2 is 1.73 bits per heavy atom. The molecule has 0 bridgehead atoms. The lowest BCUT2D eigenvalue weighted by Gasteiger charge is -2.04. The normalized spacial score (nSPS) is 9.13. The van der Waals surface area contributed by atoms with Crippen LogP contribution in [0.25, 0.3) is 0 Å². The molecule has 0 spiro atoms. The smallest absolute Gasteiger partial charge is 0.0242 e. The standard InChI is InChI=1S/C13H18.C2H6/c1-10(2)5-7-13-8-6-11(3)12(4)9-13;1-2/h6,8-9H,1,5,7H2,2-4H3;1-2H3. The van der Waals surface area contributed by atoms with Crippen molar-refractivity contribution >= 4 is 0 Å². The van der Waals surface area contributed by atoms with E-state index in [1.807, 2.05) is 13.8 Å². The van der Waals surface area contributed by atoms with Gasteiger partial charge in [0.05, 0.1) is 0 Å². The first kappa shape index (κ1) is 14.0. The molecule has 1 aromatic carbocycles. The summed E-state index contributed by atoms with van der Waals surface area (Å²) < 4.78 is 0. The first-order valence-electron chi connectivity index (χ1n) is 5.80. The van der Waals surface area contributed by atoms with Gasteiger partial charge in [0.1, 0.15) is 0 Å². The molecule has 0 amide bonds. The Kier molecular flexibility index (Phi) is 6.77. The van der Waals surface area contributed by atoms with Crippen LogP contribution in [0.1, 0.15) is 43.9 Å². The number of benzene rings is 1. The van der Waals surface area contributed by atoms with Gasteiger partial charge in [-0.2, -0.15) is 0 Å². The Hall–Kier alpha value is -1.04. The maximum absolute atomic E-state index is 3.91.